The lowest BCUT2D eigenvalue weighted by Gasteiger charge is -2.11. The van der Waals surface area contributed by atoms with E-state index in [1.54, 1.807) is 0 Å². The number of para-hydroxylation sites is 2. The number of amides is 1. The lowest BCUT2D eigenvalue weighted by Crippen LogP contribution is -2.27. The Morgan fingerprint density at radius 3 is 2.72 bits per heavy atom. The second-order valence-electron chi connectivity index (χ2n) is 4.91. The van der Waals surface area contributed by atoms with E-state index < -0.39 is 0 Å². The van der Waals surface area contributed by atoms with Crippen LogP contribution in [0.4, 0.5) is 0 Å². The Kier molecular flexibility index (Phi) is 3.65. The first-order valence-corrected chi connectivity index (χ1v) is 6.21. The second-order valence-corrected chi connectivity index (χ2v) is 4.91. The van der Waals surface area contributed by atoms with Crippen LogP contribution >= 0.6 is 0 Å². The first-order chi connectivity index (χ1) is 8.56. The van der Waals surface area contributed by atoms with Crippen LogP contribution in [-0.4, -0.2) is 10.9 Å². The van der Waals surface area contributed by atoms with Crippen molar-refractivity contribution in [3.05, 3.63) is 30.2 Å². The van der Waals surface area contributed by atoms with E-state index >= 15 is 0 Å². The molecular weight excluding hydrogens is 228 g/mol. The summed E-state index contributed by atoms with van der Waals surface area (Å²) in [6, 6.07) is 7.37. The molecule has 0 radical (unpaired) electrons. The fraction of sp³-hybridized carbons (Fsp3) is 0.429. The summed E-state index contributed by atoms with van der Waals surface area (Å²) in [5.41, 5.74) is 1.56. The van der Waals surface area contributed by atoms with E-state index in [-0.39, 0.29) is 11.9 Å². The summed E-state index contributed by atoms with van der Waals surface area (Å²) >= 11 is 0. The van der Waals surface area contributed by atoms with E-state index in [1.807, 2.05) is 45.0 Å². The monoisotopic (exact) mass is 246 g/mol. The molecule has 1 heterocycles. The molecule has 18 heavy (non-hydrogen) atoms. The maximum atomic E-state index is 11.7. The van der Waals surface area contributed by atoms with Crippen molar-refractivity contribution in [2.45, 2.75) is 33.2 Å². The van der Waals surface area contributed by atoms with E-state index in [9.17, 15) is 4.79 Å². The minimum absolute atomic E-state index is 0.0276. The number of oxazole rings is 1. The van der Waals surface area contributed by atoms with Gasteiger partial charge in [-0.15, -0.1) is 0 Å². The quantitative estimate of drug-likeness (QED) is 0.902. The summed E-state index contributed by atoms with van der Waals surface area (Å²) in [6.45, 7) is 5.91. The highest BCUT2D eigenvalue weighted by atomic mass is 16.3. The fourth-order valence-corrected chi connectivity index (χ4v) is 1.81. The minimum Gasteiger partial charge on any atom is -0.438 e. The zero-order valence-corrected chi connectivity index (χ0v) is 10.9. The standard InChI is InChI=1S/C14H18N2O2/c1-9(2)8-13(17)15-10(3)14-16-11-6-4-5-7-12(11)18-14/h4-7,9-10H,8H2,1-3H3,(H,15,17). The molecule has 1 unspecified atom stereocenters. The van der Waals surface area contributed by atoms with Gasteiger partial charge in [-0.25, -0.2) is 4.98 Å². The van der Waals surface area contributed by atoms with Crippen LogP contribution in [0.1, 0.15) is 39.1 Å². The minimum atomic E-state index is -0.205. The molecule has 1 amide bonds. The van der Waals surface area contributed by atoms with Gasteiger partial charge in [-0.2, -0.15) is 0 Å². The zero-order chi connectivity index (χ0) is 13.1. The number of aromatic nitrogens is 1. The molecule has 0 spiro atoms. The largest absolute Gasteiger partial charge is 0.438 e. The average Bonchev–Trinajstić information content (AvgIpc) is 2.71. The number of fused-ring (bicyclic) bond motifs is 1. The molecule has 1 N–H and O–H groups in total. The van der Waals surface area contributed by atoms with Gasteiger partial charge in [-0.3, -0.25) is 4.79 Å². The number of rotatable bonds is 4. The van der Waals surface area contributed by atoms with Gasteiger partial charge in [0.25, 0.3) is 0 Å². The number of hydrogen-bond donors (Lipinski definition) is 1. The number of nitrogens with one attached hydrogen (secondary N) is 1. The third-order valence-corrected chi connectivity index (χ3v) is 2.65. The molecule has 4 heteroatoms. The molecule has 96 valence electrons. The van der Waals surface area contributed by atoms with Crippen molar-refractivity contribution in [3.8, 4) is 0 Å². The van der Waals surface area contributed by atoms with Gasteiger partial charge < -0.3 is 9.73 Å². The fourth-order valence-electron chi connectivity index (χ4n) is 1.81. The predicted molar refractivity (Wildman–Crippen MR) is 70.0 cm³/mol. The van der Waals surface area contributed by atoms with Gasteiger partial charge in [0.05, 0.1) is 0 Å². The van der Waals surface area contributed by atoms with Crippen molar-refractivity contribution in [2.75, 3.05) is 0 Å². The van der Waals surface area contributed by atoms with Gasteiger partial charge in [-0.05, 0) is 25.0 Å². The van der Waals surface area contributed by atoms with Crippen molar-refractivity contribution in [2.24, 2.45) is 5.92 Å². The number of carbonyl (C=O) groups is 1. The number of nitrogens with zero attached hydrogens (tertiary/aromatic N) is 1. The van der Waals surface area contributed by atoms with Crippen molar-refractivity contribution in [1.82, 2.24) is 10.3 Å². The summed E-state index contributed by atoms with van der Waals surface area (Å²) in [4.78, 5) is 16.0. The molecule has 0 fully saturated rings. The summed E-state index contributed by atoms with van der Waals surface area (Å²) in [7, 11) is 0. The molecule has 1 atom stereocenters. The van der Waals surface area contributed by atoms with Crippen molar-refractivity contribution < 1.29 is 9.21 Å². The summed E-state index contributed by atoms with van der Waals surface area (Å²) in [5.74, 6) is 0.925. The van der Waals surface area contributed by atoms with E-state index in [2.05, 4.69) is 10.3 Å². The average molecular weight is 246 g/mol. The van der Waals surface area contributed by atoms with Crippen molar-refractivity contribution in [1.29, 1.82) is 0 Å². The molecule has 2 rings (SSSR count). The van der Waals surface area contributed by atoms with Crippen molar-refractivity contribution >= 4 is 17.0 Å². The number of hydrogen-bond acceptors (Lipinski definition) is 3. The van der Waals surface area contributed by atoms with Gasteiger partial charge in [0, 0.05) is 6.42 Å². The lowest BCUT2D eigenvalue weighted by atomic mass is 10.1. The zero-order valence-electron chi connectivity index (χ0n) is 10.9. The number of carbonyl (C=O) groups excluding carboxylic acids is 1. The molecular formula is C14H18N2O2. The molecule has 0 aliphatic heterocycles. The predicted octanol–water partition coefficient (Wildman–Crippen LogP) is 3.05. The highest BCUT2D eigenvalue weighted by molar-refractivity contribution is 5.77. The normalized spacial score (nSPS) is 12.9. The molecule has 0 saturated carbocycles. The Morgan fingerprint density at radius 1 is 1.33 bits per heavy atom. The maximum Gasteiger partial charge on any atom is 0.220 e. The Bertz CT molecular complexity index is 512. The van der Waals surface area contributed by atoms with Crippen LogP contribution in [0.5, 0.6) is 0 Å². The van der Waals surface area contributed by atoms with Crippen LogP contribution in [0.3, 0.4) is 0 Å². The maximum absolute atomic E-state index is 11.7. The van der Waals surface area contributed by atoms with Gasteiger partial charge in [0.1, 0.15) is 11.6 Å². The second kappa shape index (κ2) is 5.21. The molecule has 1 aromatic carbocycles. The summed E-state index contributed by atoms with van der Waals surface area (Å²) in [6.07, 6.45) is 0.518. The molecule has 2 aromatic rings. The van der Waals surface area contributed by atoms with E-state index in [1.165, 1.54) is 0 Å². The Morgan fingerprint density at radius 2 is 2.06 bits per heavy atom. The molecule has 4 nitrogen and oxygen atoms in total. The Balaban J connectivity index is 2.08. The number of benzene rings is 1. The van der Waals surface area contributed by atoms with Crippen LogP contribution in [-0.2, 0) is 4.79 Å². The lowest BCUT2D eigenvalue weighted by molar-refractivity contribution is -0.122. The first kappa shape index (κ1) is 12.6. The van der Waals surface area contributed by atoms with Gasteiger partial charge in [0.15, 0.2) is 5.58 Å². The third kappa shape index (κ3) is 2.88. The van der Waals surface area contributed by atoms with E-state index in [0.29, 0.717) is 18.2 Å². The molecule has 0 bridgehead atoms. The van der Waals surface area contributed by atoms with Crippen LogP contribution in [0.2, 0.25) is 0 Å². The Labute approximate surface area is 106 Å². The molecule has 0 saturated heterocycles. The van der Waals surface area contributed by atoms with Gasteiger partial charge in [0.2, 0.25) is 11.8 Å². The molecule has 0 aliphatic rings. The van der Waals surface area contributed by atoms with Gasteiger partial charge in [-0.1, -0.05) is 26.0 Å². The van der Waals surface area contributed by atoms with Crippen LogP contribution in [0.25, 0.3) is 11.1 Å². The van der Waals surface area contributed by atoms with Gasteiger partial charge >= 0.3 is 0 Å². The third-order valence-electron chi connectivity index (χ3n) is 2.65. The SMILES string of the molecule is CC(C)CC(=O)NC(C)c1nc2ccccc2o1. The van der Waals surface area contributed by atoms with Crippen molar-refractivity contribution in [3.63, 3.8) is 0 Å². The van der Waals surface area contributed by atoms with E-state index in [0.717, 1.165) is 11.1 Å². The topological polar surface area (TPSA) is 55.1 Å². The highest BCUT2D eigenvalue weighted by Gasteiger charge is 2.16. The smallest absolute Gasteiger partial charge is 0.220 e. The van der Waals surface area contributed by atoms with Crippen LogP contribution in [0.15, 0.2) is 28.7 Å². The summed E-state index contributed by atoms with van der Waals surface area (Å²) in [5, 5.41) is 2.89. The first-order valence-electron chi connectivity index (χ1n) is 6.21. The van der Waals surface area contributed by atoms with Crippen LogP contribution < -0.4 is 5.32 Å². The van der Waals surface area contributed by atoms with Crippen LogP contribution in [0, 0.1) is 5.92 Å². The Hall–Kier alpha value is -1.84. The highest BCUT2D eigenvalue weighted by Crippen LogP contribution is 2.19. The summed E-state index contributed by atoms with van der Waals surface area (Å²) < 4.78 is 5.61. The van der Waals surface area contributed by atoms with E-state index in [4.69, 9.17) is 4.42 Å². The molecule has 0 aliphatic carbocycles. The molecule has 1 aromatic heterocycles.